The van der Waals surface area contributed by atoms with Crippen molar-refractivity contribution in [1.82, 2.24) is 4.90 Å². The SMILES string of the molecule is CN(CCc1cccc(N(C)C)c1)CCN1c2ccc(F)cc2COc2ccccc21. The summed E-state index contributed by atoms with van der Waals surface area (Å²) in [5, 5.41) is 0. The van der Waals surface area contributed by atoms with Gasteiger partial charge in [0.05, 0.1) is 5.69 Å². The molecule has 3 aromatic carbocycles. The third kappa shape index (κ3) is 5.00. The van der Waals surface area contributed by atoms with Crippen LogP contribution < -0.4 is 14.5 Å². The maximum Gasteiger partial charge on any atom is 0.143 e. The molecule has 5 heteroatoms. The van der Waals surface area contributed by atoms with Crippen molar-refractivity contribution in [2.45, 2.75) is 13.0 Å². The highest BCUT2D eigenvalue weighted by molar-refractivity contribution is 5.72. The zero-order valence-electron chi connectivity index (χ0n) is 18.5. The lowest BCUT2D eigenvalue weighted by Crippen LogP contribution is -2.32. The van der Waals surface area contributed by atoms with Gasteiger partial charge in [0.1, 0.15) is 18.2 Å². The smallest absolute Gasteiger partial charge is 0.143 e. The van der Waals surface area contributed by atoms with Crippen molar-refractivity contribution < 1.29 is 9.13 Å². The molecule has 1 aliphatic heterocycles. The summed E-state index contributed by atoms with van der Waals surface area (Å²) in [5.74, 6) is 0.604. The van der Waals surface area contributed by atoms with E-state index in [4.69, 9.17) is 4.74 Å². The first-order valence-electron chi connectivity index (χ1n) is 10.7. The van der Waals surface area contributed by atoms with Crippen molar-refractivity contribution in [1.29, 1.82) is 0 Å². The number of ether oxygens (including phenoxy) is 1. The number of hydrogen-bond donors (Lipinski definition) is 0. The maximum atomic E-state index is 13.9. The van der Waals surface area contributed by atoms with Crippen LogP contribution in [0.15, 0.2) is 66.7 Å². The fourth-order valence-corrected chi connectivity index (χ4v) is 3.95. The Bertz CT molecular complexity index is 1040. The highest BCUT2D eigenvalue weighted by atomic mass is 19.1. The molecule has 4 rings (SSSR count). The molecule has 0 unspecified atom stereocenters. The molecule has 0 amide bonds. The average Bonchev–Trinajstić information content (AvgIpc) is 2.93. The van der Waals surface area contributed by atoms with Crippen LogP contribution in [0.25, 0.3) is 0 Å². The van der Waals surface area contributed by atoms with E-state index in [1.165, 1.54) is 17.3 Å². The molecule has 0 saturated carbocycles. The summed E-state index contributed by atoms with van der Waals surface area (Å²) in [5.41, 5.74) is 5.48. The highest BCUT2D eigenvalue weighted by Gasteiger charge is 2.22. The lowest BCUT2D eigenvalue weighted by atomic mass is 10.1. The molecule has 0 aliphatic carbocycles. The molecule has 0 radical (unpaired) electrons. The molecule has 0 bridgehead atoms. The highest BCUT2D eigenvalue weighted by Crippen LogP contribution is 2.39. The summed E-state index contributed by atoms with van der Waals surface area (Å²) in [4.78, 5) is 6.73. The molecule has 162 valence electrons. The molecule has 1 aliphatic rings. The predicted octanol–water partition coefficient (Wildman–Crippen LogP) is 5.10. The van der Waals surface area contributed by atoms with Gasteiger partial charge in [-0.25, -0.2) is 4.39 Å². The second kappa shape index (κ2) is 9.40. The summed E-state index contributed by atoms with van der Waals surface area (Å²) >= 11 is 0. The molecule has 4 nitrogen and oxygen atoms in total. The van der Waals surface area contributed by atoms with E-state index in [0.29, 0.717) is 6.61 Å². The largest absolute Gasteiger partial charge is 0.487 e. The van der Waals surface area contributed by atoms with E-state index in [2.05, 4.69) is 66.2 Å². The van der Waals surface area contributed by atoms with Crippen molar-refractivity contribution in [2.75, 3.05) is 50.6 Å². The third-order valence-corrected chi connectivity index (χ3v) is 5.79. The molecule has 3 aromatic rings. The fraction of sp³-hybridized carbons (Fsp3) is 0.308. The minimum Gasteiger partial charge on any atom is -0.487 e. The van der Waals surface area contributed by atoms with Crippen LogP contribution >= 0.6 is 0 Å². The van der Waals surface area contributed by atoms with Gasteiger partial charge in [-0.15, -0.1) is 0 Å². The Morgan fingerprint density at radius 1 is 0.903 bits per heavy atom. The zero-order valence-corrected chi connectivity index (χ0v) is 18.5. The minimum atomic E-state index is -0.231. The predicted molar refractivity (Wildman–Crippen MR) is 126 cm³/mol. The molecule has 0 atom stereocenters. The molecular weight excluding hydrogens is 389 g/mol. The molecular formula is C26H30FN3O. The fourth-order valence-electron chi connectivity index (χ4n) is 3.95. The molecule has 0 fully saturated rings. The van der Waals surface area contributed by atoms with Crippen LogP contribution in [0.2, 0.25) is 0 Å². The van der Waals surface area contributed by atoms with Crippen LogP contribution in [-0.2, 0) is 13.0 Å². The van der Waals surface area contributed by atoms with Crippen LogP contribution in [0.5, 0.6) is 5.75 Å². The van der Waals surface area contributed by atoms with Gasteiger partial charge in [0.2, 0.25) is 0 Å². The van der Waals surface area contributed by atoms with Gasteiger partial charge < -0.3 is 19.4 Å². The normalized spacial score (nSPS) is 12.7. The van der Waals surface area contributed by atoms with Crippen LogP contribution in [0.1, 0.15) is 11.1 Å². The van der Waals surface area contributed by atoms with Crippen molar-refractivity contribution in [3.05, 3.63) is 83.7 Å². The lowest BCUT2D eigenvalue weighted by molar-refractivity contribution is 0.310. The summed E-state index contributed by atoms with van der Waals surface area (Å²) in [6.45, 7) is 3.03. The van der Waals surface area contributed by atoms with E-state index in [-0.39, 0.29) is 5.82 Å². The first-order chi connectivity index (χ1) is 15.0. The van der Waals surface area contributed by atoms with Crippen LogP contribution in [0.4, 0.5) is 21.5 Å². The topological polar surface area (TPSA) is 19.0 Å². The lowest BCUT2D eigenvalue weighted by Gasteiger charge is -2.28. The van der Waals surface area contributed by atoms with E-state index >= 15 is 0 Å². The van der Waals surface area contributed by atoms with E-state index in [1.807, 2.05) is 24.3 Å². The Balaban J connectivity index is 1.46. The van der Waals surface area contributed by atoms with Crippen LogP contribution in [0, 0.1) is 5.82 Å². The number of halogens is 1. The number of hydrogen-bond acceptors (Lipinski definition) is 4. The monoisotopic (exact) mass is 419 g/mol. The number of likely N-dealkylation sites (N-methyl/N-ethyl adjacent to an activating group) is 1. The molecule has 31 heavy (non-hydrogen) atoms. The average molecular weight is 420 g/mol. The molecule has 0 spiro atoms. The Kier molecular flexibility index (Phi) is 6.42. The van der Waals surface area contributed by atoms with E-state index in [9.17, 15) is 4.39 Å². The number of nitrogens with zero attached hydrogens (tertiary/aromatic N) is 3. The molecule has 0 saturated heterocycles. The van der Waals surface area contributed by atoms with Crippen LogP contribution in [0.3, 0.4) is 0 Å². The number of para-hydroxylation sites is 2. The Morgan fingerprint density at radius 3 is 2.58 bits per heavy atom. The third-order valence-electron chi connectivity index (χ3n) is 5.79. The number of anilines is 3. The van der Waals surface area contributed by atoms with Crippen molar-refractivity contribution in [2.24, 2.45) is 0 Å². The molecule has 0 aromatic heterocycles. The van der Waals surface area contributed by atoms with E-state index in [1.54, 1.807) is 6.07 Å². The van der Waals surface area contributed by atoms with Crippen molar-refractivity contribution in [3.8, 4) is 5.75 Å². The van der Waals surface area contributed by atoms with Crippen molar-refractivity contribution in [3.63, 3.8) is 0 Å². The first kappa shape index (κ1) is 21.2. The summed E-state index contributed by atoms with van der Waals surface area (Å²) in [6, 6.07) is 21.7. The molecule has 0 N–H and O–H groups in total. The van der Waals surface area contributed by atoms with Gasteiger partial charge in [-0.3, -0.25) is 0 Å². The number of fused-ring (bicyclic) bond motifs is 2. The summed E-state index contributed by atoms with van der Waals surface area (Å²) in [7, 11) is 6.29. The quantitative estimate of drug-likeness (QED) is 0.531. The summed E-state index contributed by atoms with van der Waals surface area (Å²) in [6.07, 6.45) is 1.000. The molecule has 1 heterocycles. The van der Waals surface area contributed by atoms with Crippen molar-refractivity contribution >= 4 is 17.1 Å². The van der Waals surface area contributed by atoms with Gasteiger partial charge in [0.25, 0.3) is 0 Å². The van der Waals surface area contributed by atoms with Gasteiger partial charge in [-0.1, -0.05) is 24.3 Å². The van der Waals surface area contributed by atoms with Gasteiger partial charge in [0.15, 0.2) is 0 Å². The van der Waals surface area contributed by atoms with E-state index < -0.39 is 0 Å². The van der Waals surface area contributed by atoms with Gasteiger partial charge >= 0.3 is 0 Å². The zero-order chi connectivity index (χ0) is 21.8. The Hall–Kier alpha value is -3.05. The summed E-state index contributed by atoms with van der Waals surface area (Å²) < 4.78 is 19.8. The van der Waals surface area contributed by atoms with E-state index in [0.717, 1.165) is 48.7 Å². The van der Waals surface area contributed by atoms with Gasteiger partial charge in [0, 0.05) is 50.7 Å². The second-order valence-electron chi connectivity index (χ2n) is 8.30. The number of benzene rings is 3. The number of rotatable bonds is 7. The Labute approximate surface area is 184 Å². The van der Waals surface area contributed by atoms with Crippen LogP contribution in [-0.4, -0.2) is 45.7 Å². The minimum absolute atomic E-state index is 0.231. The van der Waals surface area contributed by atoms with Gasteiger partial charge in [-0.2, -0.15) is 0 Å². The standard InChI is InChI=1S/C26H30FN3O/c1-28(2)23-8-6-7-20(17-23)13-14-29(3)15-16-30-24-12-11-22(27)18-21(24)19-31-26-10-5-4-9-25(26)30/h4-12,17-18H,13-16,19H2,1-3H3. The maximum absolute atomic E-state index is 13.9. The van der Waals surface area contributed by atoms with Gasteiger partial charge in [-0.05, 0) is 61.5 Å². The first-order valence-corrected chi connectivity index (χ1v) is 10.7. The Morgan fingerprint density at radius 2 is 1.74 bits per heavy atom. The second-order valence-corrected chi connectivity index (χ2v) is 8.30.